The van der Waals surface area contributed by atoms with Crippen LogP contribution in [-0.4, -0.2) is 18.7 Å². The molecule has 0 atom stereocenters. The van der Waals surface area contributed by atoms with Gasteiger partial charge in [0.05, 0.1) is 12.5 Å². The molecule has 0 heterocycles. The zero-order valence-corrected chi connectivity index (χ0v) is 14.9. The lowest BCUT2D eigenvalue weighted by molar-refractivity contribution is -0.134. The van der Waals surface area contributed by atoms with Crippen molar-refractivity contribution in [3.8, 4) is 5.75 Å². The van der Waals surface area contributed by atoms with Gasteiger partial charge in [-0.15, -0.1) is 0 Å². The predicted molar refractivity (Wildman–Crippen MR) is 95.2 cm³/mol. The number of ketones is 2. The van der Waals surface area contributed by atoms with Gasteiger partial charge in [0.1, 0.15) is 17.3 Å². The van der Waals surface area contributed by atoms with Gasteiger partial charge in [-0.2, -0.15) is 0 Å². The molecule has 1 aromatic carbocycles. The summed E-state index contributed by atoms with van der Waals surface area (Å²) in [5.41, 5.74) is 4.36. The van der Waals surface area contributed by atoms with Crippen LogP contribution < -0.4 is 4.74 Å². The fourth-order valence-electron chi connectivity index (χ4n) is 4.32. The van der Waals surface area contributed by atoms with E-state index in [2.05, 4.69) is 25.1 Å². The Balaban J connectivity index is 1.96. The van der Waals surface area contributed by atoms with Crippen LogP contribution in [0.1, 0.15) is 62.1 Å². The Labute approximate surface area is 144 Å². The summed E-state index contributed by atoms with van der Waals surface area (Å²) in [6.07, 6.45) is 7.36. The van der Waals surface area contributed by atoms with Gasteiger partial charge < -0.3 is 4.74 Å². The number of Topliss-reactive ketones (excluding diaryl/α,β-unsaturated/α-hetero) is 2. The maximum absolute atomic E-state index is 12.3. The van der Waals surface area contributed by atoms with Crippen LogP contribution in [0.15, 0.2) is 18.2 Å². The lowest BCUT2D eigenvalue weighted by Crippen LogP contribution is -2.31. The molecule has 3 nitrogen and oxygen atoms in total. The number of hydrogen-bond acceptors (Lipinski definition) is 3. The summed E-state index contributed by atoms with van der Waals surface area (Å²) in [4.78, 5) is 24.7. The Bertz CT molecular complexity index is 696. The first-order valence-corrected chi connectivity index (χ1v) is 8.95. The number of benzene rings is 1. The molecule has 24 heavy (non-hydrogen) atoms. The highest BCUT2D eigenvalue weighted by molar-refractivity contribution is 6.13. The van der Waals surface area contributed by atoms with Gasteiger partial charge in [0.15, 0.2) is 0 Å². The zero-order chi connectivity index (χ0) is 17.3. The Kier molecular flexibility index (Phi) is 4.62. The van der Waals surface area contributed by atoms with Crippen LogP contribution in [0.2, 0.25) is 0 Å². The van der Waals surface area contributed by atoms with Gasteiger partial charge in [-0.25, -0.2) is 0 Å². The molecule has 0 saturated heterocycles. The topological polar surface area (TPSA) is 43.4 Å². The molecule has 0 spiro atoms. The van der Waals surface area contributed by atoms with E-state index in [1.165, 1.54) is 22.3 Å². The lowest BCUT2D eigenvalue weighted by Gasteiger charge is -2.26. The Morgan fingerprint density at radius 2 is 1.83 bits per heavy atom. The molecule has 0 unspecified atom stereocenters. The van der Waals surface area contributed by atoms with Gasteiger partial charge in [0.2, 0.25) is 0 Å². The van der Waals surface area contributed by atoms with E-state index in [0.29, 0.717) is 25.7 Å². The van der Waals surface area contributed by atoms with Crippen LogP contribution >= 0.6 is 0 Å². The summed E-state index contributed by atoms with van der Waals surface area (Å²) in [6.45, 7) is 4.08. The predicted octanol–water partition coefficient (Wildman–Crippen LogP) is 4.44. The molecule has 1 saturated carbocycles. The van der Waals surface area contributed by atoms with Crippen molar-refractivity contribution in [2.75, 3.05) is 7.11 Å². The van der Waals surface area contributed by atoms with Gasteiger partial charge in [-0.3, -0.25) is 9.59 Å². The van der Waals surface area contributed by atoms with E-state index in [9.17, 15) is 9.59 Å². The summed E-state index contributed by atoms with van der Waals surface area (Å²) in [5.74, 6) is 1.17. The molecule has 2 aliphatic rings. The third-order valence-electron chi connectivity index (χ3n) is 5.79. The molecule has 128 valence electrons. The third-order valence-corrected chi connectivity index (χ3v) is 5.79. The summed E-state index contributed by atoms with van der Waals surface area (Å²) < 4.78 is 5.39. The highest BCUT2D eigenvalue weighted by atomic mass is 16.5. The normalized spacial score (nSPS) is 21.2. The average Bonchev–Trinajstić information content (AvgIpc) is 2.87. The first-order valence-electron chi connectivity index (χ1n) is 8.95. The Morgan fingerprint density at radius 1 is 1.12 bits per heavy atom. The number of fused-ring (bicyclic) bond motifs is 1. The summed E-state index contributed by atoms with van der Waals surface area (Å²) >= 11 is 0. The van der Waals surface area contributed by atoms with Crippen LogP contribution in [0.5, 0.6) is 5.75 Å². The SMILES string of the molecule is CCC1(C/C=C2\CCCc3cc(OC)cc(C)c32)C(=O)CCC1=O. The number of aryl methyl sites for hydroxylation is 2. The minimum Gasteiger partial charge on any atom is -0.497 e. The first kappa shape index (κ1) is 16.9. The minimum absolute atomic E-state index is 0.134. The van der Waals surface area contributed by atoms with Crippen molar-refractivity contribution in [3.63, 3.8) is 0 Å². The van der Waals surface area contributed by atoms with Gasteiger partial charge in [0.25, 0.3) is 0 Å². The van der Waals surface area contributed by atoms with Crippen molar-refractivity contribution in [3.05, 3.63) is 34.9 Å². The van der Waals surface area contributed by atoms with Crippen LogP contribution in [0, 0.1) is 12.3 Å². The van der Waals surface area contributed by atoms with E-state index in [1.807, 2.05) is 6.92 Å². The Morgan fingerprint density at radius 3 is 2.46 bits per heavy atom. The standard InChI is InChI=1S/C21H26O3/c1-4-21(18(22)8-9-19(21)23)11-10-15-6-5-7-16-13-17(24-3)12-14(2)20(15)16/h10,12-13H,4-9,11H2,1-3H3/b15-10+. The van der Waals surface area contributed by atoms with E-state index in [0.717, 1.165) is 25.0 Å². The van der Waals surface area contributed by atoms with E-state index in [1.54, 1.807) is 7.11 Å². The number of methoxy groups -OCH3 is 1. The highest BCUT2D eigenvalue weighted by Crippen LogP contribution is 2.41. The summed E-state index contributed by atoms with van der Waals surface area (Å²) in [6, 6.07) is 4.19. The van der Waals surface area contributed by atoms with Crippen LogP contribution in [-0.2, 0) is 16.0 Å². The zero-order valence-electron chi connectivity index (χ0n) is 14.9. The average molecular weight is 326 g/mol. The van der Waals surface area contributed by atoms with Crippen LogP contribution in [0.4, 0.5) is 0 Å². The van der Waals surface area contributed by atoms with Gasteiger partial charge >= 0.3 is 0 Å². The molecule has 1 fully saturated rings. The smallest absolute Gasteiger partial charge is 0.147 e. The number of hydrogen-bond donors (Lipinski definition) is 0. The molecule has 0 radical (unpaired) electrons. The molecule has 3 heteroatoms. The molecule has 2 aliphatic carbocycles. The van der Waals surface area contributed by atoms with Crippen molar-refractivity contribution in [2.24, 2.45) is 5.41 Å². The molecule has 0 N–H and O–H groups in total. The largest absolute Gasteiger partial charge is 0.497 e. The second-order valence-electron chi connectivity index (χ2n) is 7.05. The van der Waals surface area contributed by atoms with Crippen molar-refractivity contribution in [1.82, 2.24) is 0 Å². The third kappa shape index (κ3) is 2.70. The fraction of sp³-hybridized carbons (Fsp3) is 0.524. The maximum Gasteiger partial charge on any atom is 0.147 e. The minimum atomic E-state index is -0.759. The number of rotatable bonds is 4. The molecular weight excluding hydrogens is 300 g/mol. The lowest BCUT2D eigenvalue weighted by atomic mass is 9.76. The Hall–Kier alpha value is -1.90. The van der Waals surface area contributed by atoms with E-state index >= 15 is 0 Å². The van der Waals surface area contributed by atoms with Crippen molar-refractivity contribution >= 4 is 17.1 Å². The summed E-state index contributed by atoms with van der Waals surface area (Å²) in [7, 11) is 1.70. The molecule has 3 rings (SSSR count). The van der Waals surface area contributed by atoms with Crippen LogP contribution in [0.3, 0.4) is 0 Å². The fourth-order valence-corrected chi connectivity index (χ4v) is 4.32. The van der Waals surface area contributed by atoms with E-state index in [-0.39, 0.29) is 11.6 Å². The number of ether oxygens (including phenoxy) is 1. The monoisotopic (exact) mass is 326 g/mol. The van der Waals surface area contributed by atoms with Gasteiger partial charge in [-0.1, -0.05) is 13.0 Å². The number of carbonyl (C=O) groups is 2. The number of allylic oxidation sites excluding steroid dienone is 2. The molecule has 1 aromatic rings. The first-order chi connectivity index (χ1) is 11.5. The molecule has 0 aliphatic heterocycles. The number of carbonyl (C=O) groups excluding carboxylic acids is 2. The maximum atomic E-state index is 12.3. The van der Waals surface area contributed by atoms with Gasteiger partial charge in [0, 0.05) is 12.8 Å². The van der Waals surface area contributed by atoms with Crippen molar-refractivity contribution in [1.29, 1.82) is 0 Å². The van der Waals surface area contributed by atoms with E-state index < -0.39 is 5.41 Å². The van der Waals surface area contributed by atoms with E-state index in [4.69, 9.17) is 4.74 Å². The molecule has 0 amide bonds. The molecular formula is C21H26O3. The summed E-state index contributed by atoms with van der Waals surface area (Å²) in [5, 5.41) is 0. The highest BCUT2D eigenvalue weighted by Gasteiger charge is 2.46. The molecule has 0 bridgehead atoms. The quantitative estimate of drug-likeness (QED) is 0.768. The van der Waals surface area contributed by atoms with Gasteiger partial charge in [-0.05, 0) is 73.4 Å². The van der Waals surface area contributed by atoms with Crippen molar-refractivity contribution < 1.29 is 14.3 Å². The second kappa shape index (κ2) is 6.54. The van der Waals surface area contributed by atoms with Crippen molar-refractivity contribution in [2.45, 2.75) is 58.8 Å². The van der Waals surface area contributed by atoms with Crippen LogP contribution in [0.25, 0.3) is 5.57 Å². The second-order valence-corrected chi connectivity index (χ2v) is 7.05. The molecule has 0 aromatic heterocycles.